The number of carbonyl (C=O) groups is 2. The number of anilines is 1. The maximum Gasteiger partial charge on any atom is 0.336 e. The summed E-state index contributed by atoms with van der Waals surface area (Å²) in [7, 11) is -2.20. The van der Waals surface area contributed by atoms with Crippen molar-refractivity contribution in [1.29, 1.82) is 0 Å². The van der Waals surface area contributed by atoms with Gasteiger partial charge in [0.25, 0.3) is 15.9 Å². The zero-order chi connectivity index (χ0) is 23.6. The van der Waals surface area contributed by atoms with Gasteiger partial charge in [-0.05, 0) is 48.7 Å². The van der Waals surface area contributed by atoms with Gasteiger partial charge in [0.05, 0.1) is 12.2 Å². The third-order valence-corrected chi connectivity index (χ3v) is 8.45. The molecule has 176 valence electrons. The first-order valence-corrected chi connectivity index (χ1v) is 13.1. The average Bonchev–Trinajstić information content (AvgIpc) is 2.77. The van der Waals surface area contributed by atoms with Gasteiger partial charge in [0.1, 0.15) is 4.90 Å². The van der Waals surface area contributed by atoms with Crippen molar-refractivity contribution in [3.8, 4) is 0 Å². The van der Waals surface area contributed by atoms with Crippen LogP contribution in [0.3, 0.4) is 0 Å². The quantitative estimate of drug-likeness (QED) is 0.634. The van der Waals surface area contributed by atoms with Crippen LogP contribution in [0.15, 0.2) is 47.4 Å². The highest BCUT2D eigenvalue weighted by Crippen LogP contribution is 2.33. The summed E-state index contributed by atoms with van der Waals surface area (Å²) in [5.74, 6) is -0.0426. The minimum atomic E-state index is -4.05. The second-order valence-electron chi connectivity index (χ2n) is 8.69. The van der Waals surface area contributed by atoms with E-state index in [1.807, 2.05) is 11.9 Å². The number of halogens is 1. The molecule has 0 bridgehead atoms. The van der Waals surface area contributed by atoms with Crippen molar-refractivity contribution < 1.29 is 18.0 Å². The van der Waals surface area contributed by atoms with Gasteiger partial charge in [0, 0.05) is 23.7 Å². The van der Waals surface area contributed by atoms with Crippen molar-refractivity contribution >= 4 is 39.2 Å². The van der Waals surface area contributed by atoms with Crippen molar-refractivity contribution in [2.45, 2.75) is 62.4 Å². The van der Waals surface area contributed by atoms with Crippen molar-refractivity contribution in [3.05, 3.63) is 58.6 Å². The molecule has 7 nitrogen and oxygen atoms in total. The van der Waals surface area contributed by atoms with Crippen molar-refractivity contribution in [2.24, 2.45) is 0 Å². The summed E-state index contributed by atoms with van der Waals surface area (Å²) < 4.78 is 26.8. The molecular weight excluding hydrogens is 462 g/mol. The van der Waals surface area contributed by atoms with E-state index in [1.54, 1.807) is 24.3 Å². The third kappa shape index (κ3) is 5.01. The van der Waals surface area contributed by atoms with Gasteiger partial charge in [0.15, 0.2) is 0 Å². The molecule has 0 spiro atoms. The summed E-state index contributed by atoms with van der Waals surface area (Å²) in [5, 5.41) is 2.86. The molecule has 1 aliphatic heterocycles. The number of rotatable bonds is 4. The molecule has 0 radical (unpaired) electrons. The Kier molecular flexibility index (Phi) is 6.95. The maximum atomic E-state index is 13.0. The first kappa shape index (κ1) is 23.6. The monoisotopic (exact) mass is 489 g/mol. The second kappa shape index (κ2) is 9.73. The second-order valence-corrected chi connectivity index (χ2v) is 11.0. The molecule has 1 N–H and O–H groups in total. The van der Waals surface area contributed by atoms with Gasteiger partial charge in [-0.1, -0.05) is 55.8 Å². The van der Waals surface area contributed by atoms with Gasteiger partial charge < -0.3 is 10.2 Å². The van der Waals surface area contributed by atoms with E-state index in [0.29, 0.717) is 11.1 Å². The molecule has 1 fully saturated rings. The number of carbonyl (C=O) groups excluding carboxylic acids is 2. The Labute approximate surface area is 199 Å². The van der Waals surface area contributed by atoms with Crippen LogP contribution in [-0.4, -0.2) is 42.7 Å². The lowest BCUT2D eigenvalue weighted by Gasteiger charge is -2.30. The number of hydrogen-bond acceptors (Lipinski definition) is 4. The van der Waals surface area contributed by atoms with Crippen LogP contribution in [0.1, 0.15) is 60.9 Å². The molecule has 4 rings (SSSR count). The summed E-state index contributed by atoms with van der Waals surface area (Å²) in [5.41, 5.74) is 1.36. The molecule has 0 aromatic heterocycles. The number of amides is 3. The number of nitrogens with one attached hydrogen (secondary N) is 1. The lowest BCUT2D eigenvalue weighted by atomic mass is 9.95. The van der Waals surface area contributed by atoms with E-state index < -0.39 is 16.1 Å². The van der Waals surface area contributed by atoms with E-state index in [4.69, 9.17) is 11.6 Å². The summed E-state index contributed by atoms with van der Waals surface area (Å²) in [6, 6.07) is 10.6. The fraction of sp³-hybridized carbons (Fsp3) is 0.417. The Morgan fingerprint density at radius 1 is 1.06 bits per heavy atom. The smallest absolute Gasteiger partial charge is 0.336 e. The Morgan fingerprint density at radius 3 is 2.36 bits per heavy atom. The molecule has 9 heteroatoms. The van der Waals surface area contributed by atoms with E-state index in [0.717, 1.165) is 30.0 Å². The number of sulfonamides is 1. The van der Waals surface area contributed by atoms with Gasteiger partial charge in [0.2, 0.25) is 0 Å². The van der Waals surface area contributed by atoms with Crippen LogP contribution < -0.4 is 5.32 Å². The molecule has 0 atom stereocenters. The standard InChI is InChI=1S/C24H28ClN3O4S/c1-27(20-7-5-3-2-4-6-8-20)23(29)18-11-9-17(10-12-18)16-28-24(30)26-21-14-13-19(25)15-22(21)33(28,31)32/h9-15,20H,2-8,16H2,1H3,(H,26,30). The minimum Gasteiger partial charge on any atom is -0.339 e. The molecule has 1 aliphatic carbocycles. The van der Waals surface area contributed by atoms with Crippen molar-refractivity contribution in [3.63, 3.8) is 0 Å². The number of urea groups is 1. The van der Waals surface area contributed by atoms with E-state index in [2.05, 4.69) is 5.32 Å². The SMILES string of the molecule is CN(C(=O)c1ccc(CN2C(=O)Nc3ccc(Cl)cc3S2(=O)=O)cc1)C1CCCCCCC1. The highest BCUT2D eigenvalue weighted by atomic mass is 35.5. The molecule has 33 heavy (non-hydrogen) atoms. The molecule has 2 aromatic carbocycles. The van der Waals surface area contributed by atoms with Gasteiger partial charge in [-0.2, -0.15) is 0 Å². The van der Waals surface area contributed by atoms with Crippen LogP contribution >= 0.6 is 11.6 Å². The lowest BCUT2D eigenvalue weighted by Crippen LogP contribution is -2.43. The predicted octanol–water partition coefficient (Wildman–Crippen LogP) is 5.26. The largest absolute Gasteiger partial charge is 0.339 e. The molecular formula is C24H28ClN3O4S. The Hall–Kier alpha value is -2.58. The first-order valence-electron chi connectivity index (χ1n) is 11.3. The molecule has 2 aliphatic rings. The lowest BCUT2D eigenvalue weighted by molar-refractivity contribution is 0.0706. The average molecular weight is 490 g/mol. The van der Waals surface area contributed by atoms with E-state index in [-0.39, 0.29) is 34.1 Å². The van der Waals surface area contributed by atoms with Gasteiger partial charge in [-0.3, -0.25) is 4.79 Å². The highest BCUT2D eigenvalue weighted by Gasteiger charge is 2.36. The normalized spacial score (nSPS) is 18.6. The molecule has 1 heterocycles. The minimum absolute atomic E-state index is 0.0396. The zero-order valence-electron chi connectivity index (χ0n) is 18.6. The molecule has 1 saturated carbocycles. The van der Waals surface area contributed by atoms with Gasteiger partial charge in [-0.15, -0.1) is 0 Å². The summed E-state index contributed by atoms with van der Waals surface area (Å²) in [4.78, 5) is 27.3. The molecule has 0 unspecified atom stereocenters. The van der Waals surface area contributed by atoms with Crippen molar-refractivity contribution in [1.82, 2.24) is 9.21 Å². The Balaban J connectivity index is 1.48. The van der Waals surface area contributed by atoms with Crippen molar-refractivity contribution in [2.75, 3.05) is 12.4 Å². The van der Waals surface area contributed by atoms with Crippen LogP contribution in [-0.2, 0) is 16.6 Å². The maximum absolute atomic E-state index is 13.0. The number of hydrogen-bond donors (Lipinski definition) is 1. The van der Waals surface area contributed by atoms with Gasteiger partial charge in [-0.25, -0.2) is 17.5 Å². The van der Waals surface area contributed by atoms with E-state index >= 15 is 0 Å². The van der Waals surface area contributed by atoms with Gasteiger partial charge >= 0.3 is 6.03 Å². The first-order chi connectivity index (χ1) is 15.8. The summed E-state index contributed by atoms with van der Waals surface area (Å²) >= 11 is 5.96. The summed E-state index contributed by atoms with van der Waals surface area (Å²) in [6.45, 7) is -0.146. The van der Waals surface area contributed by atoms with Crippen LogP contribution in [0.2, 0.25) is 5.02 Å². The molecule has 2 aromatic rings. The van der Waals surface area contributed by atoms with Crippen LogP contribution in [0.4, 0.5) is 10.5 Å². The number of fused-ring (bicyclic) bond motifs is 1. The molecule has 0 saturated heterocycles. The van der Waals surface area contributed by atoms with E-state index in [1.165, 1.54) is 37.5 Å². The Morgan fingerprint density at radius 2 is 1.70 bits per heavy atom. The van der Waals surface area contributed by atoms with Crippen LogP contribution in [0, 0.1) is 0 Å². The fourth-order valence-electron chi connectivity index (χ4n) is 4.48. The van der Waals surface area contributed by atoms with Crippen LogP contribution in [0.25, 0.3) is 0 Å². The van der Waals surface area contributed by atoms with E-state index in [9.17, 15) is 18.0 Å². The molecule has 3 amide bonds. The topological polar surface area (TPSA) is 86.8 Å². The predicted molar refractivity (Wildman–Crippen MR) is 128 cm³/mol. The third-order valence-electron chi connectivity index (χ3n) is 6.45. The fourth-order valence-corrected chi connectivity index (χ4v) is 6.22. The highest BCUT2D eigenvalue weighted by molar-refractivity contribution is 7.90. The summed E-state index contributed by atoms with van der Waals surface area (Å²) in [6.07, 6.45) is 8.04. The number of benzene rings is 2. The van der Waals surface area contributed by atoms with Crippen LogP contribution in [0.5, 0.6) is 0 Å². The zero-order valence-corrected chi connectivity index (χ0v) is 20.2. The number of nitrogens with zero attached hydrogens (tertiary/aromatic N) is 2. The Bertz CT molecular complexity index is 1140.